The first-order valence-electron chi connectivity index (χ1n) is 6.62. The minimum absolute atomic E-state index is 0.238. The number of halogens is 1. The number of nitrogens with two attached hydrogens (primary N) is 1. The fraction of sp³-hybridized carbons (Fsp3) is 0.500. The summed E-state index contributed by atoms with van der Waals surface area (Å²) in [5, 5.41) is 0. The van der Waals surface area contributed by atoms with Crippen LogP contribution in [-0.4, -0.2) is 48.4 Å². The molecule has 1 fully saturated rings. The maximum atomic E-state index is 13.4. The zero-order chi connectivity index (χ0) is 13.8. The molecule has 0 unspecified atom stereocenters. The number of likely N-dealkylation sites (N-methyl/N-ethyl adjacent to an activating group) is 1. The van der Waals surface area contributed by atoms with Crippen LogP contribution in [0.4, 0.5) is 4.39 Å². The van der Waals surface area contributed by atoms with Crippen molar-refractivity contribution in [3.05, 3.63) is 35.1 Å². The second-order valence-corrected chi connectivity index (χ2v) is 4.92. The van der Waals surface area contributed by atoms with Crippen molar-refractivity contribution in [1.82, 2.24) is 9.80 Å². The van der Waals surface area contributed by atoms with Crippen LogP contribution >= 0.6 is 0 Å². The van der Waals surface area contributed by atoms with Gasteiger partial charge >= 0.3 is 0 Å². The predicted octanol–water partition coefficient (Wildman–Crippen LogP) is 1.06. The number of nitrogens with zero attached hydrogens (tertiary/aromatic N) is 2. The Morgan fingerprint density at radius 1 is 1.21 bits per heavy atom. The smallest absolute Gasteiger partial charge is 0.248 e. The first-order valence-corrected chi connectivity index (χ1v) is 6.62. The molecule has 0 bridgehead atoms. The van der Waals surface area contributed by atoms with Gasteiger partial charge in [-0.3, -0.25) is 9.69 Å². The summed E-state index contributed by atoms with van der Waals surface area (Å²) in [6.07, 6.45) is 0. The zero-order valence-electron chi connectivity index (χ0n) is 11.2. The van der Waals surface area contributed by atoms with Gasteiger partial charge in [0, 0.05) is 38.3 Å². The highest BCUT2D eigenvalue weighted by molar-refractivity contribution is 5.92. The second kappa shape index (κ2) is 6.12. The Morgan fingerprint density at radius 3 is 2.42 bits per heavy atom. The molecule has 0 aliphatic carbocycles. The Kier molecular flexibility index (Phi) is 4.50. The van der Waals surface area contributed by atoms with Crippen molar-refractivity contribution in [2.75, 3.05) is 32.7 Å². The number of benzene rings is 1. The molecule has 1 aliphatic heterocycles. The lowest BCUT2D eigenvalue weighted by Crippen LogP contribution is -2.45. The van der Waals surface area contributed by atoms with Crippen LogP contribution in [0.1, 0.15) is 22.8 Å². The zero-order valence-corrected chi connectivity index (χ0v) is 11.2. The van der Waals surface area contributed by atoms with Gasteiger partial charge in [-0.15, -0.1) is 0 Å². The standard InChI is InChI=1S/C14H20FN3O/c1-2-17-3-5-18(6-4-17)10-11-7-12(14(16)19)9-13(15)8-11/h7-9H,2-6,10H2,1H3,(H2,16,19). The van der Waals surface area contributed by atoms with E-state index in [0.29, 0.717) is 6.54 Å². The Balaban J connectivity index is 2.01. The molecular formula is C14H20FN3O. The summed E-state index contributed by atoms with van der Waals surface area (Å²) < 4.78 is 13.4. The number of piperazine rings is 1. The van der Waals surface area contributed by atoms with Crippen LogP contribution < -0.4 is 5.73 Å². The van der Waals surface area contributed by atoms with Gasteiger partial charge in [-0.2, -0.15) is 0 Å². The number of rotatable bonds is 4. The molecule has 104 valence electrons. The van der Waals surface area contributed by atoms with E-state index >= 15 is 0 Å². The summed E-state index contributed by atoms with van der Waals surface area (Å²) in [6, 6.07) is 4.33. The number of carbonyl (C=O) groups excluding carboxylic acids is 1. The van der Waals surface area contributed by atoms with Crippen molar-refractivity contribution in [2.24, 2.45) is 5.73 Å². The molecule has 0 aromatic heterocycles. The van der Waals surface area contributed by atoms with Crippen LogP contribution in [0.15, 0.2) is 18.2 Å². The van der Waals surface area contributed by atoms with Crippen LogP contribution in [0.2, 0.25) is 0 Å². The summed E-state index contributed by atoms with van der Waals surface area (Å²) in [6.45, 7) is 7.89. The fourth-order valence-electron chi connectivity index (χ4n) is 2.41. The van der Waals surface area contributed by atoms with Crippen molar-refractivity contribution in [3.8, 4) is 0 Å². The van der Waals surface area contributed by atoms with Crippen molar-refractivity contribution in [3.63, 3.8) is 0 Å². The lowest BCUT2D eigenvalue weighted by Gasteiger charge is -2.34. The average Bonchev–Trinajstić information content (AvgIpc) is 2.39. The van der Waals surface area contributed by atoms with Gasteiger partial charge in [0.2, 0.25) is 5.91 Å². The van der Waals surface area contributed by atoms with Gasteiger partial charge in [0.15, 0.2) is 0 Å². The molecule has 1 aromatic rings. The molecule has 4 nitrogen and oxygen atoms in total. The minimum Gasteiger partial charge on any atom is -0.366 e. The van der Waals surface area contributed by atoms with Gasteiger partial charge in [-0.1, -0.05) is 6.92 Å². The van der Waals surface area contributed by atoms with Crippen molar-refractivity contribution in [2.45, 2.75) is 13.5 Å². The third kappa shape index (κ3) is 3.75. The van der Waals surface area contributed by atoms with Crippen molar-refractivity contribution >= 4 is 5.91 Å². The normalized spacial score (nSPS) is 17.6. The summed E-state index contributed by atoms with van der Waals surface area (Å²) in [5.74, 6) is -0.991. The highest BCUT2D eigenvalue weighted by Gasteiger charge is 2.16. The third-order valence-electron chi connectivity index (χ3n) is 3.56. The number of hydrogen-bond acceptors (Lipinski definition) is 3. The van der Waals surface area contributed by atoms with E-state index in [1.807, 2.05) is 0 Å². The van der Waals surface area contributed by atoms with Gasteiger partial charge < -0.3 is 10.6 Å². The molecule has 0 radical (unpaired) electrons. The van der Waals surface area contributed by atoms with E-state index in [-0.39, 0.29) is 5.56 Å². The highest BCUT2D eigenvalue weighted by atomic mass is 19.1. The molecule has 2 N–H and O–H groups in total. The summed E-state index contributed by atoms with van der Waals surface area (Å²) in [5.41, 5.74) is 6.24. The van der Waals surface area contributed by atoms with E-state index in [0.717, 1.165) is 38.3 Å². The Morgan fingerprint density at radius 2 is 1.84 bits per heavy atom. The Labute approximate surface area is 113 Å². The van der Waals surface area contributed by atoms with Crippen LogP contribution in [0.5, 0.6) is 0 Å². The van der Waals surface area contributed by atoms with E-state index in [4.69, 9.17) is 5.73 Å². The number of primary amides is 1. The molecule has 1 aromatic carbocycles. The molecule has 0 atom stereocenters. The van der Waals surface area contributed by atoms with Crippen molar-refractivity contribution in [1.29, 1.82) is 0 Å². The molecule has 0 spiro atoms. The summed E-state index contributed by atoms with van der Waals surface area (Å²) >= 11 is 0. The highest BCUT2D eigenvalue weighted by Crippen LogP contribution is 2.13. The van der Waals surface area contributed by atoms with Crippen LogP contribution in [0.3, 0.4) is 0 Å². The maximum Gasteiger partial charge on any atom is 0.248 e. The number of carbonyl (C=O) groups is 1. The van der Waals surface area contributed by atoms with Crippen molar-refractivity contribution < 1.29 is 9.18 Å². The molecule has 1 saturated heterocycles. The van der Waals surface area contributed by atoms with E-state index in [9.17, 15) is 9.18 Å². The molecule has 2 rings (SSSR count). The van der Waals surface area contributed by atoms with Crippen LogP contribution in [0.25, 0.3) is 0 Å². The summed E-state index contributed by atoms with van der Waals surface area (Å²) in [4.78, 5) is 15.8. The lowest BCUT2D eigenvalue weighted by molar-refractivity contribution is 0.0999. The van der Waals surface area contributed by atoms with Gasteiger partial charge in [0.05, 0.1) is 0 Å². The number of amides is 1. The molecular weight excluding hydrogens is 245 g/mol. The van der Waals surface area contributed by atoms with Gasteiger partial charge in [0.1, 0.15) is 5.82 Å². The Bertz CT molecular complexity index is 456. The van der Waals surface area contributed by atoms with Gasteiger partial charge in [-0.05, 0) is 30.3 Å². The minimum atomic E-state index is -0.587. The van der Waals surface area contributed by atoms with Crippen LogP contribution in [-0.2, 0) is 6.54 Å². The van der Waals surface area contributed by atoms with E-state index in [2.05, 4.69) is 16.7 Å². The lowest BCUT2D eigenvalue weighted by atomic mass is 10.1. The molecule has 1 amide bonds. The predicted molar refractivity (Wildman–Crippen MR) is 72.3 cm³/mol. The van der Waals surface area contributed by atoms with Crippen LogP contribution in [0, 0.1) is 5.82 Å². The first-order chi connectivity index (χ1) is 9.08. The molecule has 1 heterocycles. The largest absolute Gasteiger partial charge is 0.366 e. The molecule has 19 heavy (non-hydrogen) atoms. The van der Waals surface area contributed by atoms with E-state index in [1.165, 1.54) is 12.1 Å². The monoisotopic (exact) mass is 265 g/mol. The quantitative estimate of drug-likeness (QED) is 0.885. The maximum absolute atomic E-state index is 13.4. The van der Waals surface area contributed by atoms with E-state index < -0.39 is 11.7 Å². The van der Waals surface area contributed by atoms with Gasteiger partial charge in [0.25, 0.3) is 0 Å². The SMILES string of the molecule is CCN1CCN(Cc2cc(F)cc(C(N)=O)c2)CC1. The summed E-state index contributed by atoms with van der Waals surface area (Å²) in [7, 11) is 0. The molecule has 5 heteroatoms. The Hall–Kier alpha value is -1.46. The third-order valence-corrected chi connectivity index (χ3v) is 3.56. The first kappa shape index (κ1) is 14.0. The van der Waals surface area contributed by atoms with E-state index in [1.54, 1.807) is 6.07 Å². The average molecular weight is 265 g/mol. The fourth-order valence-corrected chi connectivity index (χ4v) is 2.41. The second-order valence-electron chi connectivity index (χ2n) is 4.92. The number of hydrogen-bond donors (Lipinski definition) is 1. The molecule has 0 saturated carbocycles. The topological polar surface area (TPSA) is 49.6 Å². The van der Waals surface area contributed by atoms with Gasteiger partial charge in [-0.25, -0.2) is 4.39 Å². The molecule has 1 aliphatic rings.